The minimum absolute atomic E-state index is 0.558. The van der Waals surface area contributed by atoms with E-state index in [1.54, 1.807) is 6.20 Å². The van der Waals surface area contributed by atoms with Crippen molar-refractivity contribution in [3.8, 4) is 0 Å². The van der Waals surface area contributed by atoms with Crippen LogP contribution < -0.4 is 5.32 Å². The molecule has 0 spiro atoms. The zero-order valence-corrected chi connectivity index (χ0v) is 14.2. The van der Waals surface area contributed by atoms with E-state index in [4.69, 9.17) is 11.6 Å². The first-order valence-electron chi connectivity index (χ1n) is 8.56. The third-order valence-electron chi connectivity index (χ3n) is 4.99. The zero-order chi connectivity index (χ0) is 15.1. The summed E-state index contributed by atoms with van der Waals surface area (Å²) in [5.41, 5.74) is 1.23. The van der Waals surface area contributed by atoms with Crippen LogP contribution in [0.4, 0.5) is 0 Å². The second-order valence-corrected chi connectivity index (χ2v) is 6.83. The topological polar surface area (TPSA) is 24.9 Å². The van der Waals surface area contributed by atoms with Crippen molar-refractivity contribution in [3.05, 3.63) is 29.0 Å². The number of hydrogen-bond donors (Lipinski definition) is 1. The van der Waals surface area contributed by atoms with Crippen molar-refractivity contribution in [2.75, 3.05) is 6.54 Å². The molecule has 0 bridgehead atoms. The minimum atomic E-state index is 0.558. The van der Waals surface area contributed by atoms with E-state index in [9.17, 15) is 0 Å². The van der Waals surface area contributed by atoms with Crippen molar-refractivity contribution >= 4 is 11.6 Å². The number of aromatic nitrogens is 1. The van der Waals surface area contributed by atoms with Gasteiger partial charge >= 0.3 is 0 Å². The van der Waals surface area contributed by atoms with Crippen molar-refractivity contribution in [1.82, 2.24) is 10.3 Å². The van der Waals surface area contributed by atoms with Gasteiger partial charge in [-0.05, 0) is 55.7 Å². The Bertz CT molecular complexity index is 413. The van der Waals surface area contributed by atoms with Gasteiger partial charge in [0.15, 0.2) is 0 Å². The lowest BCUT2D eigenvalue weighted by molar-refractivity contribution is 0.216. The van der Waals surface area contributed by atoms with E-state index in [2.05, 4.69) is 30.2 Å². The fourth-order valence-electron chi connectivity index (χ4n) is 3.54. The molecule has 1 fully saturated rings. The largest absolute Gasteiger partial charge is 0.313 e. The SMILES string of the molecule is CCCNC(Cc1ccncc1Cl)C1CCC(CC)CC1. The van der Waals surface area contributed by atoms with Gasteiger partial charge in [0, 0.05) is 18.4 Å². The summed E-state index contributed by atoms with van der Waals surface area (Å²) in [5, 5.41) is 4.58. The van der Waals surface area contributed by atoms with Gasteiger partial charge in [-0.15, -0.1) is 0 Å². The maximum absolute atomic E-state index is 6.30. The molecular formula is C18H29ClN2. The number of pyridine rings is 1. The first kappa shape index (κ1) is 16.8. The van der Waals surface area contributed by atoms with Gasteiger partial charge in [0.05, 0.1) is 5.02 Å². The van der Waals surface area contributed by atoms with Gasteiger partial charge in [0.2, 0.25) is 0 Å². The molecule has 0 aromatic carbocycles. The predicted molar refractivity (Wildman–Crippen MR) is 90.8 cm³/mol. The summed E-state index contributed by atoms with van der Waals surface area (Å²) in [4.78, 5) is 4.10. The molecule has 1 unspecified atom stereocenters. The van der Waals surface area contributed by atoms with Crippen LogP contribution in [0.2, 0.25) is 5.02 Å². The number of nitrogens with one attached hydrogen (secondary N) is 1. The van der Waals surface area contributed by atoms with Crippen LogP contribution in [-0.4, -0.2) is 17.6 Å². The van der Waals surface area contributed by atoms with Crippen molar-refractivity contribution in [2.45, 2.75) is 64.8 Å². The molecule has 1 aromatic heterocycles. The summed E-state index contributed by atoms with van der Waals surface area (Å²) in [7, 11) is 0. The van der Waals surface area contributed by atoms with E-state index < -0.39 is 0 Å². The maximum atomic E-state index is 6.30. The third-order valence-corrected chi connectivity index (χ3v) is 5.33. The predicted octanol–water partition coefficient (Wildman–Crippen LogP) is 4.86. The first-order chi connectivity index (χ1) is 10.2. The summed E-state index contributed by atoms with van der Waals surface area (Å²) in [6, 6.07) is 2.63. The molecule has 2 rings (SSSR count). The van der Waals surface area contributed by atoms with Crippen LogP contribution in [-0.2, 0) is 6.42 Å². The fraction of sp³-hybridized carbons (Fsp3) is 0.722. The highest BCUT2D eigenvalue weighted by atomic mass is 35.5. The van der Waals surface area contributed by atoms with Crippen LogP contribution >= 0.6 is 11.6 Å². The second-order valence-electron chi connectivity index (χ2n) is 6.42. The van der Waals surface area contributed by atoms with Crippen LogP contribution in [0, 0.1) is 11.8 Å². The highest BCUT2D eigenvalue weighted by Crippen LogP contribution is 2.33. The Morgan fingerprint density at radius 1 is 1.29 bits per heavy atom. The molecule has 0 aliphatic heterocycles. The minimum Gasteiger partial charge on any atom is -0.313 e. The summed E-state index contributed by atoms with van der Waals surface area (Å²) < 4.78 is 0. The van der Waals surface area contributed by atoms with Gasteiger partial charge in [-0.3, -0.25) is 4.98 Å². The molecule has 2 nitrogen and oxygen atoms in total. The average molecular weight is 309 g/mol. The molecular weight excluding hydrogens is 280 g/mol. The van der Waals surface area contributed by atoms with Gasteiger partial charge in [0.1, 0.15) is 0 Å². The van der Waals surface area contributed by atoms with Gasteiger partial charge in [-0.25, -0.2) is 0 Å². The summed E-state index contributed by atoms with van der Waals surface area (Å²) >= 11 is 6.30. The van der Waals surface area contributed by atoms with Gasteiger partial charge in [-0.2, -0.15) is 0 Å². The van der Waals surface area contributed by atoms with E-state index in [1.807, 2.05) is 6.20 Å². The molecule has 1 saturated carbocycles. The third kappa shape index (κ3) is 4.96. The van der Waals surface area contributed by atoms with E-state index in [-0.39, 0.29) is 0 Å². The lowest BCUT2D eigenvalue weighted by Gasteiger charge is -2.34. The van der Waals surface area contributed by atoms with Crippen LogP contribution in [0.5, 0.6) is 0 Å². The molecule has 1 N–H and O–H groups in total. The Labute approximate surface area is 134 Å². The van der Waals surface area contributed by atoms with Crippen molar-refractivity contribution in [2.24, 2.45) is 11.8 Å². The van der Waals surface area contributed by atoms with Crippen molar-refractivity contribution < 1.29 is 0 Å². The smallest absolute Gasteiger partial charge is 0.0621 e. The lowest BCUT2D eigenvalue weighted by Crippen LogP contribution is -2.40. The van der Waals surface area contributed by atoms with E-state index >= 15 is 0 Å². The maximum Gasteiger partial charge on any atom is 0.0621 e. The summed E-state index contributed by atoms with van der Waals surface area (Å²) in [6.45, 7) is 5.66. The van der Waals surface area contributed by atoms with E-state index in [1.165, 1.54) is 44.1 Å². The molecule has 1 aromatic rings. The van der Waals surface area contributed by atoms with Crippen LogP contribution in [0.3, 0.4) is 0 Å². The van der Waals surface area contributed by atoms with Crippen LogP contribution in [0.1, 0.15) is 57.9 Å². The molecule has 1 heterocycles. The van der Waals surface area contributed by atoms with Crippen LogP contribution in [0.25, 0.3) is 0 Å². The van der Waals surface area contributed by atoms with Crippen molar-refractivity contribution in [3.63, 3.8) is 0 Å². The quantitative estimate of drug-likeness (QED) is 0.778. The Morgan fingerprint density at radius 2 is 2.05 bits per heavy atom. The first-order valence-corrected chi connectivity index (χ1v) is 8.94. The zero-order valence-electron chi connectivity index (χ0n) is 13.4. The standard InChI is InChI=1S/C18H29ClN2/c1-3-10-21-18(12-16-9-11-20-13-17(16)19)15-7-5-14(4-2)6-8-15/h9,11,13-15,18,21H,3-8,10,12H2,1-2H3. The summed E-state index contributed by atoms with van der Waals surface area (Å²) in [6.07, 6.45) is 12.7. The molecule has 118 valence electrons. The highest BCUT2D eigenvalue weighted by molar-refractivity contribution is 6.31. The Balaban J connectivity index is 1.99. The van der Waals surface area contributed by atoms with Gasteiger partial charge < -0.3 is 5.32 Å². The van der Waals surface area contributed by atoms with Gasteiger partial charge in [-0.1, -0.05) is 44.7 Å². The number of halogens is 1. The Kier molecular flexibility index (Phi) is 6.98. The molecule has 3 heteroatoms. The van der Waals surface area contributed by atoms with E-state index in [0.29, 0.717) is 6.04 Å². The normalized spacial score (nSPS) is 24.0. The van der Waals surface area contributed by atoms with E-state index in [0.717, 1.165) is 29.8 Å². The average Bonchev–Trinajstić information content (AvgIpc) is 2.53. The lowest BCUT2D eigenvalue weighted by atomic mass is 9.76. The monoisotopic (exact) mass is 308 g/mol. The Morgan fingerprint density at radius 3 is 2.67 bits per heavy atom. The molecule has 1 atom stereocenters. The van der Waals surface area contributed by atoms with Crippen molar-refractivity contribution in [1.29, 1.82) is 0 Å². The fourth-order valence-corrected chi connectivity index (χ4v) is 3.74. The molecule has 1 aliphatic rings. The summed E-state index contributed by atoms with van der Waals surface area (Å²) in [5.74, 6) is 1.75. The molecule has 0 saturated heterocycles. The highest BCUT2D eigenvalue weighted by Gasteiger charge is 2.27. The number of rotatable bonds is 7. The number of hydrogen-bond acceptors (Lipinski definition) is 2. The van der Waals surface area contributed by atoms with Crippen LogP contribution in [0.15, 0.2) is 18.5 Å². The second kappa shape index (κ2) is 8.75. The molecule has 1 aliphatic carbocycles. The molecule has 0 amide bonds. The number of nitrogens with zero attached hydrogens (tertiary/aromatic N) is 1. The van der Waals surface area contributed by atoms with Gasteiger partial charge in [0.25, 0.3) is 0 Å². The molecule has 21 heavy (non-hydrogen) atoms. The molecule has 0 radical (unpaired) electrons. The Hall–Kier alpha value is -0.600.